The van der Waals surface area contributed by atoms with E-state index >= 15 is 0 Å². The van der Waals surface area contributed by atoms with Crippen LogP contribution in [0.5, 0.6) is 0 Å². The Kier molecular flexibility index (Phi) is 5.93. The SMILES string of the molecule is CN(C)CC(=N)c1ccc(C#CC(C)(C)O)cc1Nc1ccnc(N)n1. The van der Waals surface area contributed by atoms with Crippen LogP contribution in [0.2, 0.25) is 0 Å². The second kappa shape index (κ2) is 7.95. The van der Waals surface area contributed by atoms with Gasteiger partial charge in [-0.15, -0.1) is 0 Å². The van der Waals surface area contributed by atoms with Crippen LogP contribution in [0.4, 0.5) is 17.5 Å². The second-order valence-corrected chi connectivity index (χ2v) is 6.71. The van der Waals surface area contributed by atoms with Crippen molar-refractivity contribution in [3.8, 4) is 11.8 Å². The van der Waals surface area contributed by atoms with E-state index in [1.54, 1.807) is 26.1 Å². The van der Waals surface area contributed by atoms with Gasteiger partial charge in [0, 0.05) is 23.9 Å². The van der Waals surface area contributed by atoms with Gasteiger partial charge in [0.2, 0.25) is 5.95 Å². The average Bonchev–Trinajstić information content (AvgIpc) is 2.51. The molecule has 136 valence electrons. The summed E-state index contributed by atoms with van der Waals surface area (Å²) in [5.74, 6) is 6.44. The van der Waals surface area contributed by atoms with Crippen LogP contribution in [-0.2, 0) is 0 Å². The van der Waals surface area contributed by atoms with Gasteiger partial charge in [-0.25, -0.2) is 4.98 Å². The molecule has 7 heteroatoms. The molecular formula is C19H24N6O. The zero-order valence-corrected chi connectivity index (χ0v) is 15.5. The maximum atomic E-state index is 9.80. The Hall–Kier alpha value is -2.95. The predicted octanol–water partition coefficient (Wildman–Crippen LogP) is 1.85. The van der Waals surface area contributed by atoms with E-state index in [1.807, 2.05) is 37.2 Å². The molecule has 0 spiro atoms. The molecule has 0 fully saturated rings. The molecule has 0 saturated carbocycles. The first-order valence-corrected chi connectivity index (χ1v) is 8.12. The first kappa shape index (κ1) is 19.4. The summed E-state index contributed by atoms with van der Waals surface area (Å²) in [6.45, 7) is 3.75. The van der Waals surface area contributed by atoms with Gasteiger partial charge in [0.25, 0.3) is 0 Å². The largest absolute Gasteiger partial charge is 0.378 e. The van der Waals surface area contributed by atoms with Crippen LogP contribution < -0.4 is 11.1 Å². The number of nitrogen functional groups attached to an aromatic ring is 1. The van der Waals surface area contributed by atoms with E-state index in [0.29, 0.717) is 23.8 Å². The van der Waals surface area contributed by atoms with Gasteiger partial charge in [-0.3, -0.25) is 0 Å². The highest BCUT2D eigenvalue weighted by Crippen LogP contribution is 2.22. The molecule has 7 nitrogen and oxygen atoms in total. The molecule has 0 bridgehead atoms. The van der Waals surface area contributed by atoms with Crippen LogP contribution in [-0.4, -0.2) is 51.9 Å². The lowest BCUT2D eigenvalue weighted by atomic mass is 10.0. The van der Waals surface area contributed by atoms with Crippen molar-refractivity contribution < 1.29 is 5.11 Å². The molecule has 0 radical (unpaired) electrons. The molecule has 0 aliphatic carbocycles. The van der Waals surface area contributed by atoms with E-state index in [9.17, 15) is 5.11 Å². The monoisotopic (exact) mass is 352 g/mol. The van der Waals surface area contributed by atoms with Crippen molar-refractivity contribution in [1.82, 2.24) is 14.9 Å². The third-order valence-electron chi connectivity index (χ3n) is 3.27. The molecule has 0 aliphatic rings. The number of hydrogen-bond acceptors (Lipinski definition) is 7. The number of anilines is 3. The number of benzene rings is 1. The van der Waals surface area contributed by atoms with Crippen molar-refractivity contribution in [2.45, 2.75) is 19.4 Å². The number of likely N-dealkylation sites (N-methyl/N-ethyl adjacent to an activating group) is 1. The Morgan fingerprint density at radius 2 is 2.08 bits per heavy atom. The van der Waals surface area contributed by atoms with Crippen LogP contribution in [0, 0.1) is 17.3 Å². The molecule has 1 heterocycles. The molecule has 1 aromatic carbocycles. The predicted molar refractivity (Wildman–Crippen MR) is 105 cm³/mol. The number of nitrogens with zero attached hydrogens (tertiary/aromatic N) is 3. The Balaban J connectivity index is 2.43. The van der Waals surface area contributed by atoms with E-state index in [-0.39, 0.29) is 5.95 Å². The van der Waals surface area contributed by atoms with E-state index in [2.05, 4.69) is 27.1 Å². The smallest absolute Gasteiger partial charge is 0.221 e. The quantitative estimate of drug-likeness (QED) is 0.483. The normalized spacial score (nSPS) is 11.0. The Morgan fingerprint density at radius 3 is 2.69 bits per heavy atom. The number of nitrogens with two attached hydrogens (primary N) is 1. The lowest BCUT2D eigenvalue weighted by Crippen LogP contribution is -2.22. The number of aliphatic hydroxyl groups is 1. The lowest BCUT2D eigenvalue weighted by molar-refractivity contribution is 0.143. The zero-order valence-electron chi connectivity index (χ0n) is 15.5. The standard InChI is InChI=1S/C19H24N6O/c1-19(2,26)9-7-13-5-6-14(15(20)12-25(3)4)16(11-13)23-17-8-10-22-18(21)24-17/h5-6,8,10-11,20,26H,12H2,1-4H3,(H3,21,22,23,24). The summed E-state index contributed by atoms with van der Waals surface area (Å²) < 4.78 is 0. The fraction of sp³-hybridized carbons (Fsp3) is 0.316. The van der Waals surface area contributed by atoms with Gasteiger partial charge < -0.3 is 26.5 Å². The highest BCUT2D eigenvalue weighted by atomic mass is 16.3. The fourth-order valence-electron chi connectivity index (χ4n) is 2.20. The van der Waals surface area contributed by atoms with E-state index < -0.39 is 5.60 Å². The van der Waals surface area contributed by atoms with Crippen LogP contribution in [0.25, 0.3) is 0 Å². The minimum atomic E-state index is -1.08. The summed E-state index contributed by atoms with van der Waals surface area (Å²) in [6.07, 6.45) is 1.56. The van der Waals surface area contributed by atoms with Gasteiger partial charge >= 0.3 is 0 Å². The van der Waals surface area contributed by atoms with Gasteiger partial charge in [-0.05, 0) is 52.2 Å². The molecule has 2 aromatic rings. The van der Waals surface area contributed by atoms with Crippen LogP contribution in [0.15, 0.2) is 30.5 Å². The topological polar surface area (TPSA) is 111 Å². The Labute approximate surface area is 153 Å². The van der Waals surface area contributed by atoms with Gasteiger partial charge in [-0.1, -0.05) is 11.8 Å². The molecule has 0 saturated heterocycles. The maximum Gasteiger partial charge on any atom is 0.221 e. The average molecular weight is 352 g/mol. The molecule has 0 unspecified atom stereocenters. The molecule has 1 aromatic heterocycles. The van der Waals surface area contributed by atoms with Crippen molar-refractivity contribution >= 4 is 23.2 Å². The van der Waals surface area contributed by atoms with Crippen LogP contribution in [0.1, 0.15) is 25.0 Å². The first-order valence-electron chi connectivity index (χ1n) is 8.12. The van der Waals surface area contributed by atoms with E-state index in [1.165, 1.54) is 0 Å². The summed E-state index contributed by atoms with van der Waals surface area (Å²) in [4.78, 5) is 9.95. The summed E-state index contributed by atoms with van der Waals surface area (Å²) in [5, 5.41) is 21.3. The van der Waals surface area contributed by atoms with Crippen molar-refractivity contribution in [3.05, 3.63) is 41.6 Å². The van der Waals surface area contributed by atoms with Gasteiger partial charge in [0.05, 0.1) is 11.4 Å². The minimum Gasteiger partial charge on any atom is -0.378 e. The molecular weight excluding hydrogens is 328 g/mol. The van der Waals surface area contributed by atoms with E-state index in [0.717, 1.165) is 11.1 Å². The number of hydrogen-bond donors (Lipinski definition) is 4. The third-order valence-corrected chi connectivity index (χ3v) is 3.27. The zero-order chi connectivity index (χ0) is 19.3. The van der Waals surface area contributed by atoms with E-state index in [4.69, 9.17) is 11.1 Å². The van der Waals surface area contributed by atoms with Crippen LogP contribution >= 0.6 is 0 Å². The molecule has 5 N–H and O–H groups in total. The van der Waals surface area contributed by atoms with Gasteiger partial charge in [0.15, 0.2) is 0 Å². The third kappa shape index (κ3) is 5.84. The van der Waals surface area contributed by atoms with Crippen molar-refractivity contribution in [3.63, 3.8) is 0 Å². The minimum absolute atomic E-state index is 0.165. The fourth-order valence-corrected chi connectivity index (χ4v) is 2.20. The summed E-state index contributed by atoms with van der Waals surface area (Å²) in [7, 11) is 3.83. The summed E-state index contributed by atoms with van der Waals surface area (Å²) in [6, 6.07) is 7.20. The Morgan fingerprint density at radius 1 is 1.35 bits per heavy atom. The number of rotatable bonds is 5. The first-order chi connectivity index (χ1) is 12.1. The molecule has 0 atom stereocenters. The number of nitrogens with one attached hydrogen (secondary N) is 2. The highest BCUT2D eigenvalue weighted by molar-refractivity contribution is 6.05. The maximum absolute atomic E-state index is 9.80. The summed E-state index contributed by atoms with van der Waals surface area (Å²) in [5.41, 5.74) is 7.17. The van der Waals surface area contributed by atoms with Gasteiger partial charge in [-0.2, -0.15) is 4.98 Å². The van der Waals surface area contributed by atoms with Crippen LogP contribution in [0.3, 0.4) is 0 Å². The van der Waals surface area contributed by atoms with Crippen molar-refractivity contribution in [2.75, 3.05) is 31.7 Å². The van der Waals surface area contributed by atoms with Crippen molar-refractivity contribution in [2.24, 2.45) is 0 Å². The Bertz CT molecular complexity index is 858. The van der Waals surface area contributed by atoms with Gasteiger partial charge in [0.1, 0.15) is 11.4 Å². The lowest BCUT2D eigenvalue weighted by Gasteiger charge is -2.16. The summed E-state index contributed by atoms with van der Waals surface area (Å²) >= 11 is 0. The molecule has 0 aliphatic heterocycles. The second-order valence-electron chi connectivity index (χ2n) is 6.71. The highest BCUT2D eigenvalue weighted by Gasteiger charge is 2.12. The molecule has 26 heavy (non-hydrogen) atoms. The number of aromatic nitrogens is 2. The molecule has 2 rings (SSSR count). The molecule has 0 amide bonds. The van der Waals surface area contributed by atoms with Crippen molar-refractivity contribution in [1.29, 1.82) is 5.41 Å².